The van der Waals surface area contributed by atoms with E-state index in [-0.39, 0.29) is 0 Å². The zero-order chi connectivity index (χ0) is 12.3. The third-order valence-corrected chi connectivity index (χ3v) is 7.05. The van der Waals surface area contributed by atoms with Gasteiger partial charge in [0, 0.05) is 21.8 Å². The van der Waals surface area contributed by atoms with E-state index in [0.717, 1.165) is 29.7 Å². The van der Waals surface area contributed by atoms with E-state index in [2.05, 4.69) is 31.3 Å². The lowest BCUT2D eigenvalue weighted by molar-refractivity contribution is 0.435. The number of nitrogens with one attached hydrogen (secondary N) is 1. The fourth-order valence-electron chi connectivity index (χ4n) is 4.74. The topological polar surface area (TPSA) is 12.0 Å². The predicted molar refractivity (Wildman–Crippen MR) is 76.8 cm³/mol. The van der Waals surface area contributed by atoms with Gasteiger partial charge in [-0.1, -0.05) is 6.92 Å². The Bertz CT molecular complexity index is 436. The summed E-state index contributed by atoms with van der Waals surface area (Å²) in [5.41, 5.74) is 0. The highest BCUT2D eigenvalue weighted by molar-refractivity contribution is 7.12. The molecular weight excluding hydrogens is 238 g/mol. The lowest BCUT2D eigenvalue weighted by atomic mass is 10.0. The third-order valence-electron chi connectivity index (χ3n) is 5.64. The molecule has 0 radical (unpaired) electrons. The minimum Gasteiger partial charge on any atom is -0.306 e. The van der Waals surface area contributed by atoms with Crippen molar-refractivity contribution < 1.29 is 0 Å². The highest BCUT2D eigenvalue weighted by Crippen LogP contribution is 2.65. The molecule has 3 aliphatic carbocycles. The number of thiophene rings is 1. The van der Waals surface area contributed by atoms with E-state index in [0.29, 0.717) is 6.04 Å². The SMILES string of the molecule is CCc1ccc(C(C)NC2C3C4CCC(C4)C23)s1. The third kappa shape index (κ3) is 1.61. The van der Waals surface area contributed by atoms with E-state index < -0.39 is 0 Å². The molecule has 2 bridgehead atoms. The first-order valence-electron chi connectivity index (χ1n) is 7.62. The molecule has 1 nitrogen and oxygen atoms in total. The summed E-state index contributed by atoms with van der Waals surface area (Å²) in [6.45, 7) is 4.60. The van der Waals surface area contributed by atoms with Crippen LogP contribution in [0.3, 0.4) is 0 Å². The summed E-state index contributed by atoms with van der Waals surface area (Å²) in [6, 6.07) is 6.05. The number of aryl methyl sites for hydroxylation is 1. The number of fused-ring (bicyclic) bond motifs is 5. The van der Waals surface area contributed by atoms with Gasteiger partial charge in [0.1, 0.15) is 0 Å². The molecule has 0 aromatic carbocycles. The predicted octanol–water partition coefficient (Wildman–Crippen LogP) is 4.01. The van der Waals surface area contributed by atoms with E-state index in [4.69, 9.17) is 0 Å². The van der Waals surface area contributed by atoms with Crippen molar-refractivity contribution in [2.75, 3.05) is 0 Å². The van der Waals surface area contributed by atoms with Crippen LogP contribution in [0.5, 0.6) is 0 Å². The fourth-order valence-corrected chi connectivity index (χ4v) is 5.70. The molecule has 98 valence electrons. The standard InChI is InChI=1S/C16H23NS/c1-3-12-6-7-13(18-12)9(2)17-16-14-10-4-5-11(8-10)15(14)16/h6-7,9-11,14-17H,3-5,8H2,1-2H3. The molecule has 5 atom stereocenters. The molecule has 3 saturated carbocycles. The van der Waals surface area contributed by atoms with Crippen molar-refractivity contribution in [3.8, 4) is 0 Å². The molecule has 0 spiro atoms. The average Bonchev–Trinajstić information content (AvgIpc) is 2.87. The first-order chi connectivity index (χ1) is 8.78. The van der Waals surface area contributed by atoms with Crippen LogP contribution < -0.4 is 5.32 Å². The first kappa shape index (κ1) is 11.5. The van der Waals surface area contributed by atoms with Crippen LogP contribution in [0, 0.1) is 23.7 Å². The van der Waals surface area contributed by atoms with Gasteiger partial charge in [-0.3, -0.25) is 0 Å². The molecule has 3 aliphatic rings. The summed E-state index contributed by atoms with van der Waals surface area (Å²) in [5, 5.41) is 3.92. The van der Waals surface area contributed by atoms with Crippen LogP contribution in [0.2, 0.25) is 0 Å². The molecule has 1 aromatic heterocycles. The van der Waals surface area contributed by atoms with Gasteiger partial charge < -0.3 is 5.32 Å². The van der Waals surface area contributed by atoms with Crippen molar-refractivity contribution in [3.63, 3.8) is 0 Å². The van der Waals surface area contributed by atoms with Gasteiger partial charge in [0.15, 0.2) is 0 Å². The van der Waals surface area contributed by atoms with Crippen molar-refractivity contribution in [3.05, 3.63) is 21.9 Å². The molecule has 0 saturated heterocycles. The van der Waals surface area contributed by atoms with Gasteiger partial charge >= 0.3 is 0 Å². The Labute approximate surface area is 114 Å². The zero-order valence-electron chi connectivity index (χ0n) is 11.4. The second-order valence-electron chi connectivity index (χ2n) is 6.56. The molecule has 0 amide bonds. The largest absolute Gasteiger partial charge is 0.306 e. The van der Waals surface area contributed by atoms with Gasteiger partial charge in [0.05, 0.1) is 0 Å². The molecule has 1 aromatic rings. The Hall–Kier alpha value is -0.340. The van der Waals surface area contributed by atoms with Crippen molar-refractivity contribution in [2.24, 2.45) is 23.7 Å². The number of hydrogen-bond donors (Lipinski definition) is 1. The molecule has 3 fully saturated rings. The van der Waals surface area contributed by atoms with Gasteiger partial charge in [-0.15, -0.1) is 11.3 Å². The molecule has 0 aliphatic heterocycles. The van der Waals surface area contributed by atoms with Crippen LogP contribution >= 0.6 is 11.3 Å². The van der Waals surface area contributed by atoms with Crippen molar-refractivity contribution in [2.45, 2.75) is 51.6 Å². The Kier molecular flexibility index (Phi) is 2.60. The van der Waals surface area contributed by atoms with Crippen LogP contribution in [0.15, 0.2) is 12.1 Å². The van der Waals surface area contributed by atoms with E-state index in [1.165, 1.54) is 29.0 Å². The Morgan fingerprint density at radius 2 is 2.00 bits per heavy atom. The van der Waals surface area contributed by atoms with Gasteiger partial charge in [-0.25, -0.2) is 0 Å². The summed E-state index contributed by atoms with van der Waals surface area (Å²) in [4.78, 5) is 3.05. The van der Waals surface area contributed by atoms with Gasteiger partial charge in [0.25, 0.3) is 0 Å². The summed E-state index contributed by atoms with van der Waals surface area (Å²) in [7, 11) is 0. The van der Waals surface area contributed by atoms with Crippen LogP contribution in [0.25, 0.3) is 0 Å². The normalized spacial score (nSPS) is 42.0. The lowest BCUT2D eigenvalue weighted by Crippen LogP contribution is -2.25. The van der Waals surface area contributed by atoms with Crippen LogP contribution in [0.1, 0.15) is 48.9 Å². The fraction of sp³-hybridized carbons (Fsp3) is 0.750. The Balaban J connectivity index is 1.41. The van der Waals surface area contributed by atoms with Crippen LogP contribution in [-0.4, -0.2) is 6.04 Å². The van der Waals surface area contributed by atoms with E-state index in [1.807, 2.05) is 11.3 Å². The maximum atomic E-state index is 3.92. The number of rotatable bonds is 4. The Morgan fingerprint density at radius 1 is 1.28 bits per heavy atom. The second-order valence-corrected chi connectivity index (χ2v) is 7.76. The first-order valence-corrected chi connectivity index (χ1v) is 8.44. The minimum atomic E-state index is 0.560. The van der Waals surface area contributed by atoms with Crippen molar-refractivity contribution >= 4 is 11.3 Å². The van der Waals surface area contributed by atoms with E-state index >= 15 is 0 Å². The molecule has 1 heterocycles. The Morgan fingerprint density at radius 3 is 2.61 bits per heavy atom. The highest BCUT2D eigenvalue weighted by Gasteiger charge is 2.64. The van der Waals surface area contributed by atoms with Crippen molar-refractivity contribution in [1.82, 2.24) is 5.32 Å². The van der Waals surface area contributed by atoms with Gasteiger partial charge in [-0.2, -0.15) is 0 Å². The van der Waals surface area contributed by atoms with Crippen molar-refractivity contribution in [1.29, 1.82) is 0 Å². The van der Waals surface area contributed by atoms with E-state index in [1.54, 1.807) is 6.42 Å². The molecule has 5 unspecified atom stereocenters. The average molecular weight is 261 g/mol. The summed E-state index contributed by atoms with van der Waals surface area (Å²) < 4.78 is 0. The maximum absolute atomic E-state index is 3.92. The highest BCUT2D eigenvalue weighted by atomic mass is 32.1. The molecule has 4 rings (SSSR count). The minimum absolute atomic E-state index is 0.560. The van der Waals surface area contributed by atoms with Crippen LogP contribution in [0.4, 0.5) is 0 Å². The zero-order valence-corrected chi connectivity index (χ0v) is 12.2. The molecular formula is C16H23NS. The molecule has 1 N–H and O–H groups in total. The summed E-state index contributed by atoms with van der Waals surface area (Å²) in [5.74, 6) is 4.27. The number of hydrogen-bond acceptors (Lipinski definition) is 2. The molecule has 2 heteroatoms. The molecule has 18 heavy (non-hydrogen) atoms. The quantitative estimate of drug-likeness (QED) is 0.863. The van der Waals surface area contributed by atoms with Gasteiger partial charge in [-0.05, 0) is 68.4 Å². The summed E-state index contributed by atoms with van der Waals surface area (Å²) in [6.07, 6.45) is 5.78. The lowest BCUT2D eigenvalue weighted by Gasteiger charge is -2.15. The van der Waals surface area contributed by atoms with E-state index in [9.17, 15) is 0 Å². The van der Waals surface area contributed by atoms with Crippen LogP contribution in [-0.2, 0) is 6.42 Å². The monoisotopic (exact) mass is 261 g/mol. The van der Waals surface area contributed by atoms with Gasteiger partial charge in [0.2, 0.25) is 0 Å². The summed E-state index contributed by atoms with van der Waals surface area (Å²) >= 11 is 1.99. The second kappa shape index (κ2) is 4.08. The smallest absolute Gasteiger partial charge is 0.0388 e. The maximum Gasteiger partial charge on any atom is 0.0388 e.